The molecule has 0 fully saturated rings. The first-order valence-electron chi connectivity index (χ1n) is 10.7. The van der Waals surface area contributed by atoms with Crippen LogP contribution in [0.1, 0.15) is 22.8 Å². The van der Waals surface area contributed by atoms with Gasteiger partial charge in [0, 0.05) is 27.4 Å². The average Bonchev–Trinajstić information content (AvgIpc) is 2.88. The predicted molar refractivity (Wildman–Crippen MR) is 141 cm³/mol. The van der Waals surface area contributed by atoms with Crippen LogP contribution in [0.15, 0.2) is 90.0 Å². The van der Waals surface area contributed by atoms with Gasteiger partial charge in [0.05, 0.1) is 17.0 Å². The fourth-order valence-corrected chi connectivity index (χ4v) is 4.40. The van der Waals surface area contributed by atoms with E-state index >= 15 is 0 Å². The Hall–Kier alpha value is -3.92. The molecule has 0 aliphatic rings. The minimum Gasteiger partial charge on any atom is -0.325 e. The van der Waals surface area contributed by atoms with E-state index in [4.69, 9.17) is 16.6 Å². The zero-order valence-corrected chi connectivity index (χ0v) is 20.4. The molecule has 0 saturated heterocycles. The van der Waals surface area contributed by atoms with Crippen molar-refractivity contribution in [2.45, 2.75) is 11.9 Å². The van der Waals surface area contributed by atoms with Crippen LogP contribution in [0.5, 0.6) is 0 Å². The SMILES string of the molecule is CC(=O)c1ccc(NC(=O)CSc2nc(-c3ccccc3)cc(-c3ccc(Cl)cc3)c2C#N)cc1. The van der Waals surface area contributed by atoms with Gasteiger partial charge in [-0.25, -0.2) is 4.98 Å². The maximum atomic E-state index is 12.6. The average molecular weight is 498 g/mol. The van der Waals surface area contributed by atoms with Gasteiger partial charge in [-0.2, -0.15) is 5.26 Å². The second kappa shape index (κ2) is 11.0. The number of aromatic nitrogens is 1. The van der Waals surface area contributed by atoms with Gasteiger partial charge in [-0.3, -0.25) is 9.59 Å². The van der Waals surface area contributed by atoms with Gasteiger partial charge in [-0.15, -0.1) is 0 Å². The molecule has 1 N–H and O–H groups in total. The van der Waals surface area contributed by atoms with Crippen LogP contribution in [0.25, 0.3) is 22.4 Å². The molecule has 7 heteroatoms. The Morgan fingerprint density at radius 3 is 2.29 bits per heavy atom. The van der Waals surface area contributed by atoms with Crippen molar-refractivity contribution in [2.24, 2.45) is 0 Å². The number of anilines is 1. The molecule has 4 rings (SSSR count). The summed E-state index contributed by atoms with van der Waals surface area (Å²) in [5, 5.41) is 13.9. The number of rotatable bonds is 7. The highest BCUT2D eigenvalue weighted by Gasteiger charge is 2.17. The maximum Gasteiger partial charge on any atom is 0.234 e. The van der Waals surface area contributed by atoms with Crippen molar-refractivity contribution < 1.29 is 9.59 Å². The van der Waals surface area contributed by atoms with E-state index in [1.165, 1.54) is 18.7 Å². The zero-order chi connectivity index (χ0) is 24.8. The van der Waals surface area contributed by atoms with Gasteiger partial charge in [0.2, 0.25) is 5.91 Å². The summed E-state index contributed by atoms with van der Waals surface area (Å²) in [7, 11) is 0. The smallest absolute Gasteiger partial charge is 0.234 e. The lowest BCUT2D eigenvalue weighted by atomic mass is 9.99. The van der Waals surface area contributed by atoms with Crippen molar-refractivity contribution in [3.8, 4) is 28.5 Å². The van der Waals surface area contributed by atoms with Crippen LogP contribution in [0.4, 0.5) is 5.69 Å². The summed E-state index contributed by atoms with van der Waals surface area (Å²) in [5.41, 5.74) is 4.74. The number of ketones is 1. The summed E-state index contributed by atoms with van der Waals surface area (Å²) >= 11 is 7.27. The Morgan fingerprint density at radius 1 is 0.971 bits per heavy atom. The molecule has 1 aromatic heterocycles. The number of hydrogen-bond donors (Lipinski definition) is 1. The third kappa shape index (κ3) is 5.96. The fourth-order valence-electron chi connectivity index (χ4n) is 3.47. The number of nitriles is 1. The number of carbonyl (C=O) groups is 2. The number of amides is 1. The van der Waals surface area contributed by atoms with Gasteiger partial charge in [0.15, 0.2) is 5.78 Å². The minimum absolute atomic E-state index is 0.0386. The van der Waals surface area contributed by atoms with Crippen LogP contribution in [0, 0.1) is 11.3 Å². The summed E-state index contributed by atoms with van der Waals surface area (Å²) in [6.07, 6.45) is 0. The molecule has 0 bridgehead atoms. The lowest BCUT2D eigenvalue weighted by Gasteiger charge is -2.13. The van der Waals surface area contributed by atoms with Crippen LogP contribution in [-0.2, 0) is 4.79 Å². The largest absolute Gasteiger partial charge is 0.325 e. The van der Waals surface area contributed by atoms with Gasteiger partial charge in [0.1, 0.15) is 11.1 Å². The highest BCUT2D eigenvalue weighted by Crippen LogP contribution is 2.34. The monoisotopic (exact) mass is 497 g/mol. The molecule has 35 heavy (non-hydrogen) atoms. The predicted octanol–water partition coefficient (Wildman–Crippen LogP) is 6.87. The van der Waals surface area contributed by atoms with Gasteiger partial charge in [-0.05, 0) is 55.0 Å². The van der Waals surface area contributed by atoms with Crippen LogP contribution in [0.3, 0.4) is 0 Å². The van der Waals surface area contributed by atoms with Gasteiger partial charge >= 0.3 is 0 Å². The van der Waals surface area contributed by atoms with E-state index in [9.17, 15) is 14.9 Å². The summed E-state index contributed by atoms with van der Waals surface area (Å²) in [6.45, 7) is 1.49. The molecular formula is C28H20ClN3O2S. The van der Waals surface area contributed by atoms with E-state index < -0.39 is 0 Å². The molecule has 0 spiro atoms. The third-order valence-electron chi connectivity index (χ3n) is 5.24. The molecule has 0 atom stereocenters. The van der Waals surface area contributed by atoms with Gasteiger partial charge in [0.25, 0.3) is 0 Å². The van der Waals surface area contributed by atoms with E-state index in [0.717, 1.165) is 16.7 Å². The molecule has 1 amide bonds. The van der Waals surface area contributed by atoms with Crippen molar-refractivity contribution in [3.05, 3.63) is 101 Å². The molecule has 0 radical (unpaired) electrons. The number of benzene rings is 3. The molecule has 3 aromatic carbocycles. The molecule has 0 saturated carbocycles. The number of thioether (sulfide) groups is 1. The number of hydrogen-bond acceptors (Lipinski definition) is 5. The van der Waals surface area contributed by atoms with Crippen molar-refractivity contribution in [1.29, 1.82) is 5.26 Å². The summed E-state index contributed by atoms with van der Waals surface area (Å²) in [6, 6.07) is 27.8. The summed E-state index contributed by atoms with van der Waals surface area (Å²) < 4.78 is 0. The molecule has 4 aromatic rings. The van der Waals surface area contributed by atoms with Crippen molar-refractivity contribution in [1.82, 2.24) is 4.98 Å². The summed E-state index contributed by atoms with van der Waals surface area (Å²) in [4.78, 5) is 28.8. The Morgan fingerprint density at radius 2 is 1.66 bits per heavy atom. The zero-order valence-electron chi connectivity index (χ0n) is 18.8. The maximum absolute atomic E-state index is 12.6. The van der Waals surface area contributed by atoms with Crippen molar-refractivity contribution in [3.63, 3.8) is 0 Å². The number of carbonyl (C=O) groups excluding carboxylic acids is 2. The van der Waals surface area contributed by atoms with Crippen LogP contribution in [0.2, 0.25) is 5.02 Å². The highest BCUT2D eigenvalue weighted by molar-refractivity contribution is 8.00. The number of pyridine rings is 1. The molecular weight excluding hydrogens is 478 g/mol. The number of nitrogens with zero attached hydrogens (tertiary/aromatic N) is 2. The van der Waals surface area contributed by atoms with E-state index in [-0.39, 0.29) is 17.4 Å². The fraction of sp³-hybridized carbons (Fsp3) is 0.0714. The molecule has 0 aliphatic carbocycles. The Kier molecular flexibility index (Phi) is 7.61. The van der Waals surface area contributed by atoms with Crippen molar-refractivity contribution >= 4 is 40.7 Å². The minimum atomic E-state index is -0.241. The van der Waals surface area contributed by atoms with Crippen LogP contribution >= 0.6 is 23.4 Å². The molecule has 1 heterocycles. The van der Waals surface area contributed by atoms with E-state index in [2.05, 4.69) is 11.4 Å². The van der Waals surface area contributed by atoms with Crippen molar-refractivity contribution in [2.75, 3.05) is 11.1 Å². The standard InChI is InChI=1S/C28H20ClN3O2S/c1-18(33)19-9-13-23(14-10-19)31-27(34)17-35-28-25(16-30)24(20-7-11-22(29)12-8-20)15-26(32-28)21-5-3-2-4-6-21/h2-15H,17H2,1H3,(H,31,34). The first-order valence-corrected chi connectivity index (χ1v) is 12.1. The second-order valence-electron chi connectivity index (χ2n) is 7.69. The lowest BCUT2D eigenvalue weighted by Crippen LogP contribution is -2.14. The van der Waals surface area contributed by atoms with Crippen LogP contribution < -0.4 is 5.32 Å². The topological polar surface area (TPSA) is 82.8 Å². The molecule has 0 aliphatic heterocycles. The van der Waals surface area contributed by atoms with E-state index in [1.54, 1.807) is 36.4 Å². The molecule has 5 nitrogen and oxygen atoms in total. The Bertz CT molecular complexity index is 1410. The Labute approximate surface area is 212 Å². The number of Topliss-reactive ketones (excluding diaryl/α,β-unsaturated/α-hetero) is 1. The summed E-state index contributed by atoms with van der Waals surface area (Å²) in [5.74, 6) is -0.216. The quantitative estimate of drug-likeness (QED) is 0.222. The van der Waals surface area contributed by atoms with E-state index in [1.807, 2.05) is 48.5 Å². The van der Waals surface area contributed by atoms with E-state index in [0.29, 0.717) is 32.6 Å². The second-order valence-corrected chi connectivity index (χ2v) is 9.09. The first-order chi connectivity index (χ1) is 16.9. The molecule has 0 unspecified atom stereocenters. The third-order valence-corrected chi connectivity index (χ3v) is 6.47. The Balaban J connectivity index is 1.63. The van der Waals surface area contributed by atoms with Crippen LogP contribution in [-0.4, -0.2) is 22.4 Å². The number of halogens is 1. The first kappa shape index (κ1) is 24.2. The lowest BCUT2D eigenvalue weighted by molar-refractivity contribution is -0.113. The molecule has 172 valence electrons. The number of nitrogens with one attached hydrogen (secondary N) is 1. The van der Waals surface area contributed by atoms with Gasteiger partial charge in [-0.1, -0.05) is 65.8 Å². The van der Waals surface area contributed by atoms with Gasteiger partial charge < -0.3 is 5.32 Å². The highest BCUT2D eigenvalue weighted by atomic mass is 35.5. The normalized spacial score (nSPS) is 10.4.